The van der Waals surface area contributed by atoms with Crippen LogP contribution in [0.1, 0.15) is 5.56 Å². The normalized spacial score (nSPS) is 10.5. The van der Waals surface area contributed by atoms with E-state index in [0.29, 0.717) is 5.16 Å². The van der Waals surface area contributed by atoms with Gasteiger partial charge in [0, 0.05) is 0 Å². The van der Waals surface area contributed by atoms with Gasteiger partial charge < -0.3 is 15.6 Å². The Morgan fingerprint density at radius 1 is 1.50 bits per heavy atom. The Bertz CT molecular complexity index is 642. The molecule has 106 valence electrons. The van der Waals surface area contributed by atoms with Gasteiger partial charge in [-0.1, -0.05) is 11.8 Å². The summed E-state index contributed by atoms with van der Waals surface area (Å²) in [4.78, 5) is 10.7. The minimum absolute atomic E-state index is 0.104. The molecule has 0 aliphatic heterocycles. The lowest BCUT2D eigenvalue weighted by Crippen LogP contribution is -2.06. The highest BCUT2D eigenvalue weighted by Crippen LogP contribution is 2.27. The molecule has 3 N–H and O–H groups in total. The van der Waals surface area contributed by atoms with Crippen LogP contribution < -0.4 is 10.5 Å². The average molecular weight is 294 g/mol. The van der Waals surface area contributed by atoms with Gasteiger partial charge in [-0.3, -0.25) is 9.36 Å². The molecule has 0 aliphatic rings. The predicted molar refractivity (Wildman–Crippen MR) is 75.4 cm³/mol. The summed E-state index contributed by atoms with van der Waals surface area (Å²) >= 11 is 1.07. The number of carboxylic acids is 1. The van der Waals surface area contributed by atoms with E-state index < -0.39 is 5.97 Å². The molecule has 0 radical (unpaired) electrons. The van der Waals surface area contributed by atoms with Crippen molar-refractivity contribution in [3.05, 3.63) is 23.8 Å². The Balaban J connectivity index is 2.41. The summed E-state index contributed by atoms with van der Waals surface area (Å²) in [6.07, 6.45) is 0. The molecule has 0 amide bonds. The Morgan fingerprint density at radius 3 is 2.85 bits per heavy atom. The molecule has 20 heavy (non-hydrogen) atoms. The summed E-state index contributed by atoms with van der Waals surface area (Å²) in [5, 5.41) is 16.9. The summed E-state index contributed by atoms with van der Waals surface area (Å²) in [7, 11) is 1.59. The van der Waals surface area contributed by atoms with E-state index in [1.807, 2.05) is 19.1 Å². The number of nitrogens with zero attached hydrogens (tertiary/aromatic N) is 3. The maximum Gasteiger partial charge on any atom is 0.313 e. The molecule has 0 atom stereocenters. The first-order valence-electron chi connectivity index (χ1n) is 5.73. The van der Waals surface area contributed by atoms with Gasteiger partial charge in [0.1, 0.15) is 5.75 Å². The molecule has 0 saturated carbocycles. The SMILES string of the molecule is COc1ccc(-n2c(N)nnc2SCC(=O)O)c(C)c1. The molecule has 0 spiro atoms. The number of carbonyl (C=O) groups is 1. The Morgan fingerprint density at radius 2 is 2.25 bits per heavy atom. The summed E-state index contributed by atoms with van der Waals surface area (Å²) in [5.74, 6) is -0.0776. The minimum atomic E-state index is -0.922. The molecule has 0 aliphatic carbocycles. The largest absolute Gasteiger partial charge is 0.497 e. The van der Waals surface area contributed by atoms with Gasteiger partial charge in [-0.05, 0) is 30.7 Å². The van der Waals surface area contributed by atoms with E-state index in [0.717, 1.165) is 28.8 Å². The van der Waals surface area contributed by atoms with Crippen LogP contribution in [0.4, 0.5) is 5.95 Å². The van der Waals surface area contributed by atoms with E-state index >= 15 is 0 Å². The van der Waals surface area contributed by atoms with Crippen LogP contribution in [-0.4, -0.2) is 38.7 Å². The second-order valence-corrected chi connectivity index (χ2v) is 4.95. The molecule has 0 unspecified atom stereocenters. The number of methoxy groups -OCH3 is 1. The van der Waals surface area contributed by atoms with Crippen molar-refractivity contribution in [2.24, 2.45) is 0 Å². The molecule has 8 heteroatoms. The van der Waals surface area contributed by atoms with Crippen LogP contribution >= 0.6 is 11.8 Å². The number of aromatic nitrogens is 3. The van der Waals surface area contributed by atoms with Crippen molar-refractivity contribution in [1.29, 1.82) is 0 Å². The Hall–Kier alpha value is -2.22. The highest BCUT2D eigenvalue weighted by atomic mass is 32.2. The van der Waals surface area contributed by atoms with Crippen molar-refractivity contribution < 1.29 is 14.6 Å². The number of anilines is 1. The zero-order valence-corrected chi connectivity index (χ0v) is 11.8. The average Bonchev–Trinajstić information content (AvgIpc) is 2.77. The van der Waals surface area contributed by atoms with Crippen LogP contribution in [0.15, 0.2) is 23.4 Å². The van der Waals surface area contributed by atoms with Crippen LogP contribution in [0.3, 0.4) is 0 Å². The first-order valence-corrected chi connectivity index (χ1v) is 6.72. The first kappa shape index (κ1) is 14.2. The topological polar surface area (TPSA) is 103 Å². The van der Waals surface area contributed by atoms with Crippen molar-refractivity contribution in [1.82, 2.24) is 14.8 Å². The maximum atomic E-state index is 10.7. The van der Waals surface area contributed by atoms with E-state index in [1.54, 1.807) is 17.7 Å². The molecule has 1 aromatic heterocycles. The zero-order chi connectivity index (χ0) is 14.7. The molecule has 7 nitrogen and oxygen atoms in total. The number of carboxylic acid groups (broad SMARTS) is 1. The van der Waals surface area contributed by atoms with Gasteiger partial charge in [-0.2, -0.15) is 0 Å². The number of benzene rings is 1. The Kier molecular flexibility index (Phi) is 4.14. The van der Waals surface area contributed by atoms with Gasteiger partial charge in [0.15, 0.2) is 5.16 Å². The number of nitrogens with two attached hydrogens (primary N) is 1. The van der Waals surface area contributed by atoms with E-state index in [-0.39, 0.29) is 11.7 Å². The standard InChI is InChI=1S/C12H14N4O3S/c1-7-5-8(19-2)3-4-9(7)16-11(13)14-15-12(16)20-6-10(17)18/h3-5H,6H2,1-2H3,(H2,13,14)(H,17,18). The molecule has 2 aromatic rings. The summed E-state index contributed by atoms with van der Waals surface area (Å²) in [6.45, 7) is 1.91. The van der Waals surface area contributed by atoms with E-state index in [2.05, 4.69) is 10.2 Å². The molecular formula is C12H14N4O3S. The molecule has 1 aromatic carbocycles. The van der Waals surface area contributed by atoms with Crippen molar-refractivity contribution in [3.63, 3.8) is 0 Å². The summed E-state index contributed by atoms with van der Waals surface area (Å²) < 4.78 is 6.78. The van der Waals surface area contributed by atoms with E-state index in [1.165, 1.54) is 0 Å². The lowest BCUT2D eigenvalue weighted by Gasteiger charge is -2.11. The molecule has 0 bridgehead atoms. The first-order chi connectivity index (χ1) is 9.52. The van der Waals surface area contributed by atoms with Crippen LogP contribution in [0.25, 0.3) is 5.69 Å². The van der Waals surface area contributed by atoms with Gasteiger partial charge in [0.25, 0.3) is 0 Å². The smallest absolute Gasteiger partial charge is 0.313 e. The number of nitrogen functional groups attached to an aromatic ring is 1. The van der Waals surface area contributed by atoms with Crippen molar-refractivity contribution in [2.75, 3.05) is 18.6 Å². The number of hydrogen-bond acceptors (Lipinski definition) is 6. The van der Waals surface area contributed by atoms with Gasteiger partial charge in [0.05, 0.1) is 18.6 Å². The Labute approximate surface area is 119 Å². The summed E-state index contributed by atoms with van der Waals surface area (Å²) in [6, 6.07) is 5.49. The van der Waals surface area contributed by atoms with Crippen LogP contribution in [-0.2, 0) is 4.79 Å². The molecule has 0 fully saturated rings. The van der Waals surface area contributed by atoms with Crippen molar-refractivity contribution >= 4 is 23.7 Å². The lowest BCUT2D eigenvalue weighted by molar-refractivity contribution is -0.133. The third-order valence-electron chi connectivity index (χ3n) is 2.63. The van der Waals surface area contributed by atoms with Gasteiger partial charge >= 0.3 is 5.97 Å². The summed E-state index contributed by atoms with van der Waals surface area (Å²) in [5.41, 5.74) is 7.53. The number of ether oxygens (including phenoxy) is 1. The quantitative estimate of drug-likeness (QED) is 0.802. The van der Waals surface area contributed by atoms with Crippen molar-refractivity contribution in [2.45, 2.75) is 12.1 Å². The van der Waals surface area contributed by atoms with E-state index in [9.17, 15) is 4.79 Å². The van der Waals surface area contributed by atoms with E-state index in [4.69, 9.17) is 15.6 Å². The highest BCUT2D eigenvalue weighted by Gasteiger charge is 2.15. The van der Waals surface area contributed by atoms with Crippen LogP contribution in [0.5, 0.6) is 5.75 Å². The molecular weight excluding hydrogens is 280 g/mol. The number of aliphatic carboxylic acids is 1. The molecule has 1 heterocycles. The molecule has 2 rings (SSSR count). The number of rotatable bonds is 5. The monoisotopic (exact) mass is 294 g/mol. The fourth-order valence-corrected chi connectivity index (χ4v) is 2.41. The fourth-order valence-electron chi connectivity index (χ4n) is 1.73. The van der Waals surface area contributed by atoms with Gasteiger partial charge in [-0.25, -0.2) is 0 Å². The van der Waals surface area contributed by atoms with Crippen molar-refractivity contribution in [3.8, 4) is 11.4 Å². The number of thioether (sulfide) groups is 1. The van der Waals surface area contributed by atoms with Gasteiger partial charge in [-0.15, -0.1) is 10.2 Å². The second kappa shape index (κ2) is 5.83. The zero-order valence-electron chi connectivity index (χ0n) is 11.0. The third kappa shape index (κ3) is 2.85. The fraction of sp³-hybridized carbons (Fsp3) is 0.250. The number of aryl methyl sites for hydroxylation is 1. The molecule has 0 saturated heterocycles. The number of hydrogen-bond donors (Lipinski definition) is 2. The highest BCUT2D eigenvalue weighted by molar-refractivity contribution is 7.99. The van der Waals surface area contributed by atoms with Crippen LogP contribution in [0, 0.1) is 6.92 Å². The van der Waals surface area contributed by atoms with Crippen LogP contribution in [0.2, 0.25) is 0 Å². The minimum Gasteiger partial charge on any atom is -0.497 e. The maximum absolute atomic E-state index is 10.7. The lowest BCUT2D eigenvalue weighted by atomic mass is 10.2. The second-order valence-electron chi connectivity index (χ2n) is 4.01. The third-order valence-corrected chi connectivity index (χ3v) is 3.54. The predicted octanol–water partition coefficient (Wildman–Crippen LogP) is 1.34. The van der Waals surface area contributed by atoms with Gasteiger partial charge in [0.2, 0.25) is 5.95 Å².